The number of rotatable bonds is 9. The summed E-state index contributed by atoms with van der Waals surface area (Å²) in [4.78, 5) is 62.4. The van der Waals surface area contributed by atoms with E-state index in [4.69, 9.17) is 15.6 Å². The van der Waals surface area contributed by atoms with Crippen molar-refractivity contribution in [3.05, 3.63) is 52.3 Å². The molecule has 2 fully saturated rings. The molecule has 13 nitrogen and oxygen atoms in total. The minimum atomic E-state index is -0.971. The lowest BCUT2D eigenvalue weighted by Crippen LogP contribution is -2.39. The average Bonchev–Trinajstić information content (AvgIpc) is 3.85. The predicted octanol–water partition coefficient (Wildman–Crippen LogP) is 1.82. The van der Waals surface area contributed by atoms with E-state index in [2.05, 4.69) is 25.0 Å². The topological polar surface area (TPSA) is 189 Å². The number of aromatic amines is 1. The van der Waals surface area contributed by atoms with Crippen LogP contribution in [-0.4, -0.2) is 76.5 Å². The molecule has 0 atom stereocenters. The van der Waals surface area contributed by atoms with Gasteiger partial charge in [0.1, 0.15) is 6.61 Å². The fourth-order valence-electron chi connectivity index (χ4n) is 3.77. The van der Waals surface area contributed by atoms with Gasteiger partial charge in [0.15, 0.2) is 5.84 Å². The van der Waals surface area contributed by atoms with Gasteiger partial charge in [-0.15, -0.1) is 0 Å². The molecular formula is C26H30N6O7. The minimum absolute atomic E-state index is 0.174. The molecule has 206 valence electrons. The monoisotopic (exact) mass is 538 g/mol. The number of ether oxygens (including phenoxy) is 2. The van der Waals surface area contributed by atoms with E-state index in [-0.39, 0.29) is 29.4 Å². The second-order valence-corrected chi connectivity index (χ2v) is 9.27. The predicted molar refractivity (Wildman–Crippen MR) is 140 cm³/mol. The number of imide groups is 1. The smallest absolute Gasteiger partial charge is 0.419 e. The summed E-state index contributed by atoms with van der Waals surface area (Å²) in [6.45, 7) is 1.93. The van der Waals surface area contributed by atoms with Crippen LogP contribution in [0.25, 0.3) is 0 Å². The minimum Gasteiger partial charge on any atom is -0.426 e. The number of amidine groups is 1. The standard InChI is InChI=1S/C26H30N6O7/c1-14-3-4-16(24(35)30-17-5-6-17)9-20(14)31-23(29-12-27)22-15(2)19(10-28-22)25(36)32(18-7-8-18)26(37)39-13-38-21(34)11-33/h3-4,9-10,12,17-18,28,33H,5-8,11,13H2,1-2H3,(H,30,35)(H2,27,29,31). The number of esters is 1. The number of aryl methyl sites for hydroxylation is 1. The quantitative estimate of drug-likeness (QED) is 0.161. The molecule has 0 saturated heterocycles. The molecule has 2 aromatic rings. The fraction of sp³-hybridized carbons (Fsp3) is 0.385. The number of aromatic nitrogens is 1. The van der Waals surface area contributed by atoms with Crippen LogP contribution in [0.5, 0.6) is 0 Å². The number of aliphatic imine (C=N–C) groups is 2. The van der Waals surface area contributed by atoms with E-state index in [1.165, 1.54) is 6.20 Å². The van der Waals surface area contributed by atoms with Gasteiger partial charge >= 0.3 is 12.1 Å². The van der Waals surface area contributed by atoms with Crippen molar-refractivity contribution in [2.24, 2.45) is 15.7 Å². The molecule has 0 unspecified atom stereocenters. The molecule has 3 amide bonds. The Bertz CT molecular complexity index is 1340. The number of H-pyrrole nitrogens is 1. The first-order chi connectivity index (χ1) is 18.7. The van der Waals surface area contributed by atoms with E-state index in [1.54, 1.807) is 25.1 Å². The molecule has 1 aromatic carbocycles. The Hall–Kier alpha value is -4.52. The zero-order chi connectivity index (χ0) is 28.1. The van der Waals surface area contributed by atoms with Crippen LogP contribution in [0.1, 0.15) is 63.2 Å². The first-order valence-corrected chi connectivity index (χ1v) is 12.4. The van der Waals surface area contributed by atoms with E-state index in [9.17, 15) is 19.2 Å². The number of nitrogens with one attached hydrogen (secondary N) is 2. The molecule has 1 heterocycles. The molecule has 5 N–H and O–H groups in total. The summed E-state index contributed by atoms with van der Waals surface area (Å²) in [6.07, 6.45) is 4.71. The molecule has 39 heavy (non-hydrogen) atoms. The SMILES string of the molecule is Cc1ccc(C(=O)NC2CC2)cc1N=C(N=CN)c1[nH]cc(C(=O)N(C(=O)OCOC(=O)CO)C2CC2)c1C. The number of carbonyl (C=O) groups is 4. The second-order valence-electron chi connectivity index (χ2n) is 9.27. The highest BCUT2D eigenvalue weighted by molar-refractivity contribution is 6.09. The van der Waals surface area contributed by atoms with E-state index in [0.717, 1.165) is 29.6 Å². The first-order valence-electron chi connectivity index (χ1n) is 12.4. The third kappa shape index (κ3) is 6.68. The van der Waals surface area contributed by atoms with Gasteiger partial charge < -0.3 is 30.6 Å². The molecule has 2 saturated carbocycles. The number of nitrogens with zero attached hydrogens (tertiary/aromatic N) is 3. The van der Waals surface area contributed by atoms with E-state index in [1.807, 2.05) is 6.92 Å². The third-order valence-electron chi connectivity index (χ3n) is 6.26. The number of amides is 3. The van der Waals surface area contributed by atoms with Crippen LogP contribution in [0.3, 0.4) is 0 Å². The largest absolute Gasteiger partial charge is 0.426 e. The van der Waals surface area contributed by atoms with Crippen LogP contribution in [0.4, 0.5) is 10.5 Å². The lowest BCUT2D eigenvalue weighted by atomic mass is 10.1. The van der Waals surface area contributed by atoms with Gasteiger partial charge in [-0.25, -0.2) is 24.5 Å². The number of nitrogens with two attached hydrogens (primary N) is 1. The molecule has 2 aliphatic rings. The highest BCUT2D eigenvalue weighted by Crippen LogP contribution is 2.31. The molecule has 13 heteroatoms. The van der Waals surface area contributed by atoms with Crippen molar-refractivity contribution in [2.45, 2.75) is 51.6 Å². The Morgan fingerprint density at radius 3 is 2.56 bits per heavy atom. The Morgan fingerprint density at radius 1 is 1.18 bits per heavy atom. The molecule has 2 aliphatic carbocycles. The molecule has 0 spiro atoms. The zero-order valence-electron chi connectivity index (χ0n) is 21.6. The van der Waals surface area contributed by atoms with Gasteiger partial charge in [0, 0.05) is 23.8 Å². The maximum absolute atomic E-state index is 13.4. The van der Waals surface area contributed by atoms with Crippen molar-refractivity contribution in [3.8, 4) is 0 Å². The van der Waals surface area contributed by atoms with Crippen molar-refractivity contribution >= 4 is 41.7 Å². The number of hydrogen-bond donors (Lipinski definition) is 4. The summed E-state index contributed by atoms with van der Waals surface area (Å²) in [5.41, 5.74) is 8.41. The van der Waals surface area contributed by atoms with Gasteiger partial charge in [-0.05, 0) is 62.8 Å². The summed E-state index contributed by atoms with van der Waals surface area (Å²) in [6, 6.07) is 5.04. The van der Waals surface area contributed by atoms with Crippen LogP contribution in [0.2, 0.25) is 0 Å². The summed E-state index contributed by atoms with van der Waals surface area (Å²) >= 11 is 0. The zero-order valence-corrected chi connectivity index (χ0v) is 21.6. The van der Waals surface area contributed by atoms with Crippen molar-refractivity contribution in [1.29, 1.82) is 0 Å². The Balaban J connectivity index is 1.58. The Labute approximate surface area is 224 Å². The lowest BCUT2D eigenvalue weighted by molar-refractivity contribution is -0.155. The third-order valence-corrected chi connectivity index (χ3v) is 6.26. The highest BCUT2D eigenvalue weighted by atomic mass is 16.7. The molecule has 0 bridgehead atoms. The molecular weight excluding hydrogens is 508 g/mol. The van der Waals surface area contributed by atoms with Crippen molar-refractivity contribution in [1.82, 2.24) is 15.2 Å². The maximum atomic E-state index is 13.4. The number of benzene rings is 1. The number of hydrogen-bond acceptors (Lipinski definition) is 8. The van der Waals surface area contributed by atoms with Crippen LogP contribution in [0, 0.1) is 13.8 Å². The lowest BCUT2D eigenvalue weighted by Gasteiger charge is -2.19. The van der Waals surface area contributed by atoms with E-state index in [0.29, 0.717) is 35.3 Å². The molecule has 1 aromatic heterocycles. The van der Waals surface area contributed by atoms with Gasteiger partial charge in [0.2, 0.25) is 6.79 Å². The number of aliphatic hydroxyl groups is 1. The number of carbonyl (C=O) groups excluding carboxylic acids is 4. The Morgan fingerprint density at radius 2 is 1.92 bits per heavy atom. The number of aliphatic hydroxyl groups excluding tert-OH is 1. The Kier molecular flexibility index (Phi) is 8.39. The summed E-state index contributed by atoms with van der Waals surface area (Å²) < 4.78 is 9.46. The van der Waals surface area contributed by atoms with Gasteiger partial charge in [-0.3, -0.25) is 9.59 Å². The van der Waals surface area contributed by atoms with Crippen molar-refractivity contribution in [2.75, 3.05) is 13.4 Å². The van der Waals surface area contributed by atoms with Gasteiger partial charge in [0.05, 0.1) is 23.3 Å². The van der Waals surface area contributed by atoms with Crippen LogP contribution >= 0.6 is 0 Å². The van der Waals surface area contributed by atoms with Gasteiger partial charge in [-0.2, -0.15) is 0 Å². The molecule has 4 rings (SSSR count). The van der Waals surface area contributed by atoms with Crippen molar-refractivity contribution < 1.29 is 33.8 Å². The first kappa shape index (κ1) is 27.5. The average molecular weight is 539 g/mol. The normalized spacial score (nSPS) is 15.2. The second kappa shape index (κ2) is 11.9. The van der Waals surface area contributed by atoms with E-state index < -0.39 is 31.4 Å². The van der Waals surface area contributed by atoms with Crippen molar-refractivity contribution in [3.63, 3.8) is 0 Å². The van der Waals surface area contributed by atoms with Gasteiger partial charge in [0.25, 0.3) is 11.8 Å². The fourth-order valence-corrected chi connectivity index (χ4v) is 3.77. The van der Waals surface area contributed by atoms with Gasteiger partial charge in [-0.1, -0.05) is 6.07 Å². The van der Waals surface area contributed by atoms with E-state index >= 15 is 0 Å². The summed E-state index contributed by atoms with van der Waals surface area (Å²) in [7, 11) is 0. The summed E-state index contributed by atoms with van der Waals surface area (Å²) in [5.74, 6) is -1.58. The molecule has 0 aliphatic heterocycles. The van der Waals surface area contributed by atoms with Crippen LogP contribution in [0.15, 0.2) is 34.4 Å². The van der Waals surface area contributed by atoms with Crippen LogP contribution in [-0.2, 0) is 14.3 Å². The molecule has 0 radical (unpaired) electrons. The summed E-state index contributed by atoms with van der Waals surface area (Å²) in [5, 5.41) is 11.7. The highest BCUT2D eigenvalue weighted by Gasteiger charge is 2.40. The van der Waals surface area contributed by atoms with Crippen LogP contribution < -0.4 is 11.1 Å². The maximum Gasteiger partial charge on any atom is 0.419 e.